The van der Waals surface area contributed by atoms with Gasteiger partial charge in [0.2, 0.25) is 11.8 Å². The van der Waals surface area contributed by atoms with Crippen LogP contribution in [0.15, 0.2) is 23.2 Å². The van der Waals surface area contributed by atoms with Crippen LogP contribution in [0.3, 0.4) is 0 Å². The summed E-state index contributed by atoms with van der Waals surface area (Å²) < 4.78 is 0. The second-order valence-corrected chi connectivity index (χ2v) is 4.25. The zero-order valence-electron chi connectivity index (χ0n) is 9.47. The average molecular weight is 269 g/mol. The van der Waals surface area contributed by atoms with Crippen molar-refractivity contribution >= 4 is 29.5 Å². The molecule has 18 heavy (non-hydrogen) atoms. The fourth-order valence-corrected chi connectivity index (χ4v) is 1.68. The van der Waals surface area contributed by atoms with Gasteiger partial charge < -0.3 is 5.11 Å². The second kappa shape index (κ2) is 6.60. The number of carboxylic acids is 1. The van der Waals surface area contributed by atoms with Crippen LogP contribution in [0.4, 0.5) is 0 Å². The van der Waals surface area contributed by atoms with E-state index in [9.17, 15) is 14.4 Å². The van der Waals surface area contributed by atoms with Gasteiger partial charge in [0, 0.05) is 18.0 Å². The topological polar surface area (TPSA) is 108 Å². The SMILES string of the molecule is CC(=O)NNC(=O)CSc1ccnc(C(=O)O)c1. The van der Waals surface area contributed by atoms with Crippen molar-refractivity contribution in [2.24, 2.45) is 0 Å². The van der Waals surface area contributed by atoms with Crippen LogP contribution in [0.1, 0.15) is 17.4 Å². The van der Waals surface area contributed by atoms with E-state index in [4.69, 9.17) is 5.11 Å². The number of hydrogen-bond donors (Lipinski definition) is 3. The van der Waals surface area contributed by atoms with Crippen LogP contribution in [0.2, 0.25) is 0 Å². The highest BCUT2D eigenvalue weighted by atomic mass is 32.2. The van der Waals surface area contributed by atoms with E-state index in [0.29, 0.717) is 4.90 Å². The van der Waals surface area contributed by atoms with E-state index in [1.54, 1.807) is 6.07 Å². The maximum atomic E-state index is 11.3. The molecule has 0 bridgehead atoms. The molecule has 1 heterocycles. The third-order valence-corrected chi connectivity index (χ3v) is 2.69. The summed E-state index contributed by atoms with van der Waals surface area (Å²) in [5, 5.41) is 8.73. The molecule has 3 N–H and O–H groups in total. The average Bonchev–Trinajstić information content (AvgIpc) is 2.34. The van der Waals surface area contributed by atoms with Gasteiger partial charge in [-0.2, -0.15) is 0 Å². The van der Waals surface area contributed by atoms with Crippen molar-refractivity contribution in [1.29, 1.82) is 0 Å². The number of aromatic carboxylic acids is 1. The predicted octanol–water partition coefficient (Wildman–Crippen LogP) is 0.0392. The van der Waals surface area contributed by atoms with Crippen LogP contribution in [-0.2, 0) is 9.59 Å². The molecule has 2 amide bonds. The van der Waals surface area contributed by atoms with Gasteiger partial charge in [-0.1, -0.05) is 0 Å². The first-order valence-electron chi connectivity index (χ1n) is 4.86. The van der Waals surface area contributed by atoms with Gasteiger partial charge in [0.15, 0.2) is 0 Å². The summed E-state index contributed by atoms with van der Waals surface area (Å²) in [5.74, 6) is -1.82. The number of hydrogen-bond acceptors (Lipinski definition) is 5. The van der Waals surface area contributed by atoms with Crippen LogP contribution in [0.25, 0.3) is 0 Å². The summed E-state index contributed by atoms with van der Waals surface area (Å²) >= 11 is 1.15. The number of carboxylic acid groups (broad SMARTS) is 1. The maximum absolute atomic E-state index is 11.3. The monoisotopic (exact) mass is 269 g/mol. The van der Waals surface area contributed by atoms with E-state index >= 15 is 0 Å². The number of thioether (sulfide) groups is 1. The maximum Gasteiger partial charge on any atom is 0.354 e. The summed E-state index contributed by atoms with van der Waals surface area (Å²) in [4.78, 5) is 36.7. The molecule has 1 aromatic rings. The van der Waals surface area contributed by atoms with Crippen LogP contribution in [0, 0.1) is 0 Å². The Labute approximate surface area is 107 Å². The first-order valence-corrected chi connectivity index (χ1v) is 5.85. The minimum absolute atomic E-state index is 0.0589. The lowest BCUT2D eigenvalue weighted by Crippen LogP contribution is -2.41. The van der Waals surface area contributed by atoms with Crippen molar-refractivity contribution in [3.63, 3.8) is 0 Å². The Kier molecular flexibility index (Phi) is 5.12. The van der Waals surface area contributed by atoms with Crippen molar-refractivity contribution in [2.45, 2.75) is 11.8 Å². The molecule has 0 atom stereocenters. The van der Waals surface area contributed by atoms with Gasteiger partial charge in [0.25, 0.3) is 0 Å². The summed E-state index contributed by atoms with van der Waals surface area (Å²) in [6.45, 7) is 1.27. The van der Waals surface area contributed by atoms with Crippen LogP contribution >= 0.6 is 11.8 Å². The summed E-state index contributed by atoms with van der Waals surface area (Å²) in [7, 11) is 0. The predicted molar refractivity (Wildman–Crippen MR) is 63.9 cm³/mol. The Bertz CT molecular complexity index is 478. The first kappa shape index (κ1) is 14.0. The largest absolute Gasteiger partial charge is 0.477 e. The molecule has 0 spiro atoms. The Morgan fingerprint density at radius 1 is 1.39 bits per heavy atom. The van der Waals surface area contributed by atoms with Crippen LogP contribution in [0.5, 0.6) is 0 Å². The third-order valence-electron chi connectivity index (χ3n) is 1.70. The summed E-state index contributed by atoms with van der Waals surface area (Å²) in [6, 6.07) is 2.97. The van der Waals surface area contributed by atoms with Gasteiger partial charge in [0.05, 0.1) is 5.75 Å². The minimum Gasteiger partial charge on any atom is -0.477 e. The van der Waals surface area contributed by atoms with Gasteiger partial charge in [-0.05, 0) is 12.1 Å². The fourth-order valence-electron chi connectivity index (χ4n) is 0.961. The van der Waals surface area contributed by atoms with Crippen molar-refractivity contribution in [3.8, 4) is 0 Å². The molecular formula is C10H11N3O4S. The highest BCUT2D eigenvalue weighted by molar-refractivity contribution is 8.00. The number of nitrogens with zero attached hydrogens (tertiary/aromatic N) is 1. The molecule has 0 saturated carbocycles. The highest BCUT2D eigenvalue weighted by Crippen LogP contribution is 2.17. The molecule has 0 unspecified atom stereocenters. The minimum atomic E-state index is -1.12. The second-order valence-electron chi connectivity index (χ2n) is 3.20. The number of pyridine rings is 1. The molecular weight excluding hydrogens is 258 g/mol. The fraction of sp³-hybridized carbons (Fsp3) is 0.200. The molecule has 0 aliphatic rings. The number of carbonyl (C=O) groups is 3. The van der Waals surface area contributed by atoms with Gasteiger partial charge in [-0.25, -0.2) is 9.78 Å². The number of rotatable bonds is 4. The molecule has 0 aliphatic heterocycles. The van der Waals surface area contributed by atoms with Gasteiger partial charge in [-0.3, -0.25) is 20.4 Å². The molecule has 96 valence electrons. The van der Waals surface area contributed by atoms with E-state index in [2.05, 4.69) is 15.8 Å². The van der Waals surface area contributed by atoms with E-state index in [1.165, 1.54) is 19.2 Å². The normalized spacial score (nSPS) is 9.61. The number of aromatic nitrogens is 1. The first-order chi connectivity index (χ1) is 8.49. The number of nitrogens with one attached hydrogen (secondary N) is 2. The van der Waals surface area contributed by atoms with Crippen molar-refractivity contribution in [3.05, 3.63) is 24.0 Å². The number of amides is 2. The van der Waals surface area contributed by atoms with E-state index in [-0.39, 0.29) is 23.3 Å². The molecule has 1 rings (SSSR count). The van der Waals surface area contributed by atoms with Gasteiger partial charge >= 0.3 is 5.97 Å². The molecule has 1 aromatic heterocycles. The van der Waals surface area contributed by atoms with Crippen LogP contribution in [-0.4, -0.2) is 33.6 Å². The standard InChI is InChI=1S/C10H11N3O4S/c1-6(14)12-13-9(15)5-18-7-2-3-11-8(4-7)10(16)17/h2-4H,5H2,1H3,(H,12,14)(H,13,15)(H,16,17). The van der Waals surface area contributed by atoms with E-state index < -0.39 is 5.97 Å². The lowest BCUT2D eigenvalue weighted by molar-refractivity contribution is -0.126. The van der Waals surface area contributed by atoms with E-state index in [0.717, 1.165) is 11.8 Å². The van der Waals surface area contributed by atoms with Crippen molar-refractivity contribution in [1.82, 2.24) is 15.8 Å². The zero-order chi connectivity index (χ0) is 13.5. The number of hydrazine groups is 1. The van der Waals surface area contributed by atoms with Gasteiger partial charge in [-0.15, -0.1) is 11.8 Å². The van der Waals surface area contributed by atoms with Crippen LogP contribution < -0.4 is 10.9 Å². The molecule has 0 radical (unpaired) electrons. The molecule has 0 aromatic carbocycles. The molecule has 8 heteroatoms. The lowest BCUT2D eigenvalue weighted by atomic mass is 10.3. The van der Waals surface area contributed by atoms with Crippen molar-refractivity contribution < 1.29 is 19.5 Å². The molecule has 0 aliphatic carbocycles. The van der Waals surface area contributed by atoms with E-state index in [1.807, 2.05) is 0 Å². The Balaban J connectivity index is 2.48. The number of carbonyl (C=O) groups excluding carboxylic acids is 2. The molecule has 7 nitrogen and oxygen atoms in total. The zero-order valence-corrected chi connectivity index (χ0v) is 10.3. The summed E-state index contributed by atoms with van der Waals surface area (Å²) in [5.41, 5.74) is 4.27. The van der Waals surface area contributed by atoms with Gasteiger partial charge in [0.1, 0.15) is 5.69 Å². The Hall–Kier alpha value is -2.09. The Morgan fingerprint density at radius 3 is 2.72 bits per heavy atom. The smallest absolute Gasteiger partial charge is 0.354 e. The molecule has 0 fully saturated rings. The molecule has 0 saturated heterocycles. The van der Waals surface area contributed by atoms with Crippen molar-refractivity contribution in [2.75, 3.05) is 5.75 Å². The quantitative estimate of drug-likeness (QED) is 0.526. The lowest BCUT2D eigenvalue weighted by Gasteiger charge is -2.05. The summed E-state index contributed by atoms with van der Waals surface area (Å²) in [6.07, 6.45) is 1.36. The third kappa shape index (κ3) is 4.83. The Morgan fingerprint density at radius 2 is 2.11 bits per heavy atom. The highest BCUT2D eigenvalue weighted by Gasteiger charge is 2.07.